The number of furan rings is 1. The summed E-state index contributed by atoms with van der Waals surface area (Å²) in [5.41, 5.74) is 2.37. The minimum atomic E-state index is -0.353. The molecular formula is C20H19N3O2. The Hall–Kier alpha value is -3.26. The smallest absolute Gasteiger partial charge is 0.260 e. The van der Waals surface area contributed by atoms with E-state index in [4.69, 9.17) is 4.42 Å². The molecule has 2 heterocycles. The van der Waals surface area contributed by atoms with Gasteiger partial charge in [0, 0.05) is 18.1 Å². The Morgan fingerprint density at radius 1 is 1.20 bits per heavy atom. The Morgan fingerprint density at radius 3 is 2.40 bits per heavy atom. The van der Waals surface area contributed by atoms with Gasteiger partial charge in [-0.15, -0.1) is 0 Å². The number of nitriles is 1. The normalized spacial score (nSPS) is 10.7. The van der Waals surface area contributed by atoms with Crippen LogP contribution in [0.2, 0.25) is 0 Å². The Bertz CT molecular complexity index is 927. The number of hydrogen-bond donors (Lipinski definition) is 1. The fourth-order valence-corrected chi connectivity index (χ4v) is 2.70. The molecule has 1 N–H and O–H groups in total. The summed E-state index contributed by atoms with van der Waals surface area (Å²) in [7, 11) is 0. The molecule has 1 aromatic carbocycles. The lowest BCUT2D eigenvalue weighted by Crippen LogP contribution is -2.14. The van der Waals surface area contributed by atoms with Crippen LogP contribution >= 0.6 is 0 Å². The lowest BCUT2D eigenvalue weighted by molar-refractivity contribution is 0.102. The number of carbonyl (C=O) groups excluding carboxylic acids is 1. The summed E-state index contributed by atoms with van der Waals surface area (Å²) in [4.78, 5) is 12.7. The van der Waals surface area contributed by atoms with Crippen molar-refractivity contribution in [3.8, 4) is 12.0 Å². The highest BCUT2D eigenvalue weighted by Gasteiger charge is 2.24. The van der Waals surface area contributed by atoms with Gasteiger partial charge in [0.05, 0.1) is 0 Å². The van der Waals surface area contributed by atoms with Crippen molar-refractivity contribution in [1.82, 2.24) is 4.57 Å². The van der Waals surface area contributed by atoms with Crippen molar-refractivity contribution in [2.24, 2.45) is 0 Å². The maximum atomic E-state index is 12.7. The zero-order valence-corrected chi connectivity index (χ0v) is 14.4. The number of rotatable bonds is 4. The molecule has 0 spiro atoms. The van der Waals surface area contributed by atoms with Crippen molar-refractivity contribution in [1.29, 1.82) is 5.26 Å². The van der Waals surface area contributed by atoms with Gasteiger partial charge < -0.3 is 9.73 Å². The van der Waals surface area contributed by atoms with Crippen LogP contribution in [-0.2, 0) is 0 Å². The number of hydrogen-bond acceptors (Lipinski definition) is 3. The van der Waals surface area contributed by atoms with Crippen LogP contribution in [0.25, 0.3) is 5.88 Å². The average molecular weight is 333 g/mol. The lowest BCUT2D eigenvalue weighted by atomic mass is 10.0. The molecule has 0 fully saturated rings. The summed E-state index contributed by atoms with van der Waals surface area (Å²) in [6, 6.07) is 13.4. The molecule has 25 heavy (non-hydrogen) atoms. The summed E-state index contributed by atoms with van der Waals surface area (Å²) in [5.74, 6) is 0.838. The predicted molar refractivity (Wildman–Crippen MR) is 96.0 cm³/mol. The first-order valence-electron chi connectivity index (χ1n) is 8.09. The average Bonchev–Trinajstić information content (AvgIpc) is 3.22. The number of carbonyl (C=O) groups is 1. The molecule has 0 saturated heterocycles. The number of nitrogens with zero attached hydrogens (tertiary/aromatic N) is 2. The van der Waals surface area contributed by atoms with Crippen LogP contribution in [0.3, 0.4) is 0 Å². The van der Waals surface area contributed by atoms with E-state index in [0.717, 1.165) is 0 Å². The summed E-state index contributed by atoms with van der Waals surface area (Å²) < 4.78 is 7.35. The molecule has 0 atom stereocenters. The molecule has 2 aromatic heterocycles. The Kier molecular flexibility index (Phi) is 4.44. The molecule has 0 aliphatic carbocycles. The summed E-state index contributed by atoms with van der Waals surface area (Å²) in [6.45, 7) is 5.92. The number of anilines is 1. The molecule has 126 valence electrons. The molecule has 0 aliphatic heterocycles. The first-order chi connectivity index (χ1) is 12.0. The quantitative estimate of drug-likeness (QED) is 0.757. The van der Waals surface area contributed by atoms with Crippen LogP contribution in [-0.4, -0.2) is 10.5 Å². The van der Waals surface area contributed by atoms with E-state index in [1.165, 1.54) is 5.56 Å². The van der Waals surface area contributed by atoms with Crippen molar-refractivity contribution < 1.29 is 9.21 Å². The summed E-state index contributed by atoms with van der Waals surface area (Å²) in [6.07, 6.45) is 3.54. The number of benzene rings is 1. The van der Waals surface area contributed by atoms with Crippen LogP contribution < -0.4 is 5.32 Å². The van der Waals surface area contributed by atoms with E-state index < -0.39 is 0 Å². The first kappa shape index (κ1) is 16.6. The maximum absolute atomic E-state index is 12.7. The molecular weight excluding hydrogens is 314 g/mol. The van der Waals surface area contributed by atoms with E-state index in [-0.39, 0.29) is 17.0 Å². The third kappa shape index (κ3) is 3.20. The topological polar surface area (TPSA) is 71.0 Å². The van der Waals surface area contributed by atoms with Crippen molar-refractivity contribution in [3.05, 3.63) is 71.2 Å². The Labute approximate surface area is 146 Å². The van der Waals surface area contributed by atoms with Gasteiger partial charge in [0.1, 0.15) is 23.0 Å². The van der Waals surface area contributed by atoms with Gasteiger partial charge in [-0.1, -0.05) is 26.0 Å². The second-order valence-electron chi connectivity index (χ2n) is 6.15. The predicted octanol–water partition coefficient (Wildman–Crippen LogP) is 4.63. The lowest BCUT2D eigenvalue weighted by Gasteiger charge is -2.08. The van der Waals surface area contributed by atoms with Gasteiger partial charge in [0.25, 0.3) is 5.91 Å². The first-order valence-corrected chi connectivity index (χ1v) is 8.09. The highest BCUT2D eigenvalue weighted by molar-refractivity contribution is 6.07. The van der Waals surface area contributed by atoms with Gasteiger partial charge >= 0.3 is 0 Å². The fraction of sp³-hybridized carbons (Fsp3) is 0.200. The fourth-order valence-electron chi connectivity index (χ4n) is 2.70. The number of nitrogens with one attached hydrogen (secondary N) is 1. The van der Waals surface area contributed by atoms with E-state index in [1.54, 1.807) is 23.9 Å². The third-order valence-electron chi connectivity index (χ3n) is 4.08. The van der Waals surface area contributed by atoms with Crippen LogP contribution in [0.1, 0.15) is 47.0 Å². The highest BCUT2D eigenvalue weighted by Crippen LogP contribution is 2.26. The van der Waals surface area contributed by atoms with Crippen LogP contribution in [0.4, 0.5) is 5.69 Å². The number of amides is 1. The third-order valence-corrected chi connectivity index (χ3v) is 4.08. The van der Waals surface area contributed by atoms with Crippen molar-refractivity contribution in [3.63, 3.8) is 0 Å². The standard InChI is InChI=1S/C20H19N3O2/c1-13(2)15-6-8-16(9-7-15)22-19(24)18-14(3)25-20(17(18)12-21)23-10-4-5-11-23/h4-11,13H,1-3H3,(H,22,24). The zero-order valence-electron chi connectivity index (χ0n) is 14.4. The monoisotopic (exact) mass is 333 g/mol. The Morgan fingerprint density at radius 2 is 1.84 bits per heavy atom. The van der Waals surface area contributed by atoms with Crippen molar-refractivity contribution in [2.45, 2.75) is 26.7 Å². The molecule has 3 rings (SSSR count). The van der Waals surface area contributed by atoms with Crippen molar-refractivity contribution >= 4 is 11.6 Å². The molecule has 5 heteroatoms. The van der Waals surface area contributed by atoms with Gasteiger partial charge in [-0.05, 0) is 42.7 Å². The van der Waals surface area contributed by atoms with E-state index in [1.807, 2.05) is 36.4 Å². The largest absolute Gasteiger partial charge is 0.443 e. The van der Waals surface area contributed by atoms with E-state index in [0.29, 0.717) is 23.2 Å². The summed E-state index contributed by atoms with van der Waals surface area (Å²) >= 11 is 0. The second kappa shape index (κ2) is 6.70. The molecule has 1 amide bonds. The zero-order chi connectivity index (χ0) is 18.0. The van der Waals surface area contributed by atoms with Gasteiger partial charge in [0.15, 0.2) is 0 Å². The minimum absolute atomic E-state index is 0.227. The molecule has 0 bridgehead atoms. The van der Waals surface area contributed by atoms with Gasteiger partial charge in [-0.2, -0.15) is 5.26 Å². The maximum Gasteiger partial charge on any atom is 0.260 e. The van der Waals surface area contributed by atoms with Gasteiger partial charge in [-0.25, -0.2) is 0 Å². The van der Waals surface area contributed by atoms with Crippen LogP contribution in [0, 0.1) is 18.3 Å². The van der Waals surface area contributed by atoms with Crippen molar-refractivity contribution in [2.75, 3.05) is 5.32 Å². The molecule has 0 saturated carbocycles. The number of aryl methyl sites for hydroxylation is 1. The SMILES string of the molecule is Cc1oc(-n2cccc2)c(C#N)c1C(=O)Nc1ccc(C(C)C)cc1. The van der Waals surface area contributed by atoms with E-state index in [2.05, 4.69) is 25.2 Å². The number of aromatic nitrogens is 1. The summed E-state index contributed by atoms with van der Waals surface area (Å²) in [5, 5.41) is 12.4. The van der Waals surface area contributed by atoms with Gasteiger partial charge in [-0.3, -0.25) is 9.36 Å². The molecule has 3 aromatic rings. The highest BCUT2D eigenvalue weighted by atomic mass is 16.4. The molecule has 0 aliphatic rings. The second-order valence-corrected chi connectivity index (χ2v) is 6.15. The molecule has 0 radical (unpaired) electrons. The van der Waals surface area contributed by atoms with Crippen LogP contribution in [0.15, 0.2) is 53.2 Å². The van der Waals surface area contributed by atoms with Crippen LogP contribution in [0.5, 0.6) is 0 Å². The molecule has 0 unspecified atom stereocenters. The Balaban J connectivity index is 1.91. The molecule has 5 nitrogen and oxygen atoms in total. The van der Waals surface area contributed by atoms with Gasteiger partial charge in [0.2, 0.25) is 5.88 Å². The van der Waals surface area contributed by atoms with E-state index in [9.17, 15) is 10.1 Å². The van der Waals surface area contributed by atoms with E-state index >= 15 is 0 Å². The minimum Gasteiger partial charge on any atom is -0.443 e.